The third-order valence-corrected chi connectivity index (χ3v) is 3.46. The van der Waals surface area contributed by atoms with Gasteiger partial charge in [0.15, 0.2) is 0 Å². The Hall–Kier alpha value is -2.97. The molecule has 9 nitrogen and oxygen atoms in total. The summed E-state index contributed by atoms with van der Waals surface area (Å²) in [5.74, 6) is -0.829. The van der Waals surface area contributed by atoms with Crippen molar-refractivity contribution in [1.82, 2.24) is 10.2 Å². The highest BCUT2D eigenvalue weighted by molar-refractivity contribution is 6.07. The van der Waals surface area contributed by atoms with Crippen LogP contribution in [0.25, 0.3) is 0 Å². The number of imide groups is 1. The van der Waals surface area contributed by atoms with Crippen LogP contribution in [0.1, 0.15) is 20.3 Å². The normalized spacial score (nSPS) is 17.1. The molecule has 4 amide bonds. The van der Waals surface area contributed by atoms with Gasteiger partial charge in [0, 0.05) is 17.8 Å². The fraction of sp³-hybridized carbons (Fsp3) is 0.400. The van der Waals surface area contributed by atoms with Crippen LogP contribution in [-0.4, -0.2) is 40.3 Å². The number of benzene rings is 1. The molecule has 2 N–H and O–H groups in total. The van der Waals surface area contributed by atoms with Crippen LogP contribution in [0.3, 0.4) is 0 Å². The first-order chi connectivity index (χ1) is 11.3. The Labute approximate surface area is 138 Å². The van der Waals surface area contributed by atoms with E-state index < -0.39 is 35.4 Å². The summed E-state index contributed by atoms with van der Waals surface area (Å²) in [4.78, 5) is 47.0. The molecule has 0 aromatic heterocycles. The molecule has 1 aromatic carbocycles. The highest BCUT2D eigenvalue weighted by Gasteiger charge is 2.38. The molecular weight excluding hydrogens is 316 g/mol. The summed E-state index contributed by atoms with van der Waals surface area (Å²) in [6.45, 7) is 3.41. The number of urea groups is 1. The van der Waals surface area contributed by atoms with E-state index in [-0.39, 0.29) is 17.3 Å². The van der Waals surface area contributed by atoms with Crippen LogP contribution in [0.5, 0.6) is 0 Å². The lowest BCUT2D eigenvalue weighted by Gasteiger charge is -2.13. The average molecular weight is 334 g/mol. The SMILES string of the molecule is CC(C)C[C@@H]1NC(=O)N(CC(=O)Nc2cccc([N+](=O)[O-])c2)C1=O. The summed E-state index contributed by atoms with van der Waals surface area (Å²) in [5, 5.41) is 15.7. The van der Waals surface area contributed by atoms with E-state index in [1.807, 2.05) is 13.8 Å². The van der Waals surface area contributed by atoms with Crippen LogP contribution in [0, 0.1) is 16.0 Å². The molecule has 1 saturated heterocycles. The van der Waals surface area contributed by atoms with Gasteiger partial charge in [-0.25, -0.2) is 4.79 Å². The minimum atomic E-state index is -0.622. The second-order valence-electron chi connectivity index (χ2n) is 5.91. The predicted octanol–water partition coefficient (Wildman–Crippen LogP) is 1.50. The van der Waals surface area contributed by atoms with E-state index in [2.05, 4.69) is 10.6 Å². The smallest absolute Gasteiger partial charge is 0.325 e. The van der Waals surface area contributed by atoms with Crippen LogP contribution < -0.4 is 10.6 Å². The number of anilines is 1. The maximum Gasteiger partial charge on any atom is 0.325 e. The van der Waals surface area contributed by atoms with E-state index in [1.54, 1.807) is 0 Å². The van der Waals surface area contributed by atoms with Crippen molar-refractivity contribution in [2.24, 2.45) is 5.92 Å². The van der Waals surface area contributed by atoms with Crippen molar-refractivity contribution in [2.45, 2.75) is 26.3 Å². The van der Waals surface area contributed by atoms with Crippen molar-refractivity contribution in [1.29, 1.82) is 0 Å². The van der Waals surface area contributed by atoms with E-state index in [1.165, 1.54) is 24.3 Å². The van der Waals surface area contributed by atoms with Crippen molar-refractivity contribution < 1.29 is 19.3 Å². The first-order valence-corrected chi connectivity index (χ1v) is 7.44. The number of nitro groups is 1. The van der Waals surface area contributed by atoms with E-state index in [9.17, 15) is 24.5 Å². The van der Waals surface area contributed by atoms with E-state index in [4.69, 9.17) is 0 Å². The molecule has 2 rings (SSSR count). The molecule has 24 heavy (non-hydrogen) atoms. The molecule has 0 saturated carbocycles. The van der Waals surface area contributed by atoms with Crippen LogP contribution in [0.4, 0.5) is 16.2 Å². The van der Waals surface area contributed by atoms with Gasteiger partial charge >= 0.3 is 6.03 Å². The van der Waals surface area contributed by atoms with Gasteiger partial charge in [0.1, 0.15) is 12.6 Å². The number of non-ortho nitro benzene ring substituents is 1. The monoisotopic (exact) mass is 334 g/mol. The van der Waals surface area contributed by atoms with Crippen LogP contribution >= 0.6 is 0 Å². The third kappa shape index (κ3) is 4.06. The van der Waals surface area contributed by atoms with Gasteiger partial charge in [0.05, 0.1) is 4.92 Å². The van der Waals surface area contributed by atoms with Gasteiger partial charge in [-0.3, -0.25) is 24.6 Å². The molecule has 0 bridgehead atoms. The number of amides is 4. The fourth-order valence-corrected chi connectivity index (χ4v) is 2.40. The van der Waals surface area contributed by atoms with Crippen molar-refractivity contribution in [2.75, 3.05) is 11.9 Å². The Balaban J connectivity index is 1.99. The number of carbonyl (C=O) groups is 3. The number of hydrogen-bond donors (Lipinski definition) is 2. The zero-order valence-corrected chi connectivity index (χ0v) is 13.3. The number of hydrogen-bond acceptors (Lipinski definition) is 5. The molecule has 9 heteroatoms. The lowest BCUT2D eigenvalue weighted by molar-refractivity contribution is -0.384. The van der Waals surface area contributed by atoms with Gasteiger partial charge in [-0.15, -0.1) is 0 Å². The molecule has 0 radical (unpaired) electrons. The van der Waals surface area contributed by atoms with E-state index >= 15 is 0 Å². The molecule has 0 spiro atoms. The Morgan fingerprint density at radius 2 is 2.12 bits per heavy atom. The van der Waals surface area contributed by atoms with Crippen molar-refractivity contribution in [3.05, 3.63) is 34.4 Å². The molecule has 1 aromatic rings. The molecule has 1 fully saturated rings. The number of nitrogens with zero attached hydrogens (tertiary/aromatic N) is 2. The molecule has 1 heterocycles. The maximum absolute atomic E-state index is 12.2. The third-order valence-electron chi connectivity index (χ3n) is 3.46. The lowest BCUT2D eigenvalue weighted by Crippen LogP contribution is -2.38. The second-order valence-corrected chi connectivity index (χ2v) is 5.91. The topological polar surface area (TPSA) is 122 Å². The van der Waals surface area contributed by atoms with Gasteiger partial charge in [0.2, 0.25) is 5.91 Å². The van der Waals surface area contributed by atoms with Crippen LogP contribution in [0.15, 0.2) is 24.3 Å². The summed E-state index contributed by atoms with van der Waals surface area (Å²) in [6, 6.07) is 4.18. The highest BCUT2D eigenvalue weighted by Crippen LogP contribution is 2.18. The Kier molecular flexibility index (Phi) is 5.12. The first-order valence-electron chi connectivity index (χ1n) is 7.44. The molecular formula is C15H18N4O5. The molecule has 1 atom stereocenters. The zero-order chi connectivity index (χ0) is 17.9. The number of carbonyl (C=O) groups excluding carboxylic acids is 3. The second kappa shape index (κ2) is 7.07. The zero-order valence-electron chi connectivity index (χ0n) is 13.3. The number of nitrogens with one attached hydrogen (secondary N) is 2. The maximum atomic E-state index is 12.2. The quantitative estimate of drug-likeness (QED) is 0.464. The van der Waals surface area contributed by atoms with E-state index in [0.717, 1.165) is 4.90 Å². The average Bonchev–Trinajstić information content (AvgIpc) is 2.74. The van der Waals surface area contributed by atoms with Crippen LogP contribution in [-0.2, 0) is 9.59 Å². The molecule has 1 aliphatic rings. The summed E-state index contributed by atoms with van der Waals surface area (Å²) in [5.41, 5.74) is 0.0553. The Bertz CT molecular complexity index is 688. The van der Waals surface area contributed by atoms with Crippen LogP contribution in [0.2, 0.25) is 0 Å². The number of rotatable bonds is 6. The fourth-order valence-electron chi connectivity index (χ4n) is 2.40. The Morgan fingerprint density at radius 3 is 2.75 bits per heavy atom. The van der Waals surface area contributed by atoms with Gasteiger partial charge < -0.3 is 10.6 Å². The minimum absolute atomic E-state index is 0.167. The lowest BCUT2D eigenvalue weighted by atomic mass is 10.0. The van der Waals surface area contributed by atoms with E-state index in [0.29, 0.717) is 6.42 Å². The van der Waals surface area contributed by atoms with Gasteiger partial charge in [0.25, 0.3) is 11.6 Å². The van der Waals surface area contributed by atoms with Gasteiger partial charge in [-0.1, -0.05) is 19.9 Å². The summed E-state index contributed by atoms with van der Waals surface area (Å²) < 4.78 is 0. The summed E-state index contributed by atoms with van der Waals surface area (Å²) >= 11 is 0. The Morgan fingerprint density at radius 1 is 1.42 bits per heavy atom. The standard InChI is InChI=1S/C15H18N4O5/c1-9(2)6-12-14(21)18(15(22)17-12)8-13(20)16-10-4-3-5-11(7-10)19(23)24/h3-5,7,9,12H,6,8H2,1-2H3,(H,16,20)(H,17,22)/t12-/m0/s1. The molecule has 128 valence electrons. The predicted molar refractivity (Wildman–Crippen MR) is 85.2 cm³/mol. The van der Waals surface area contributed by atoms with Gasteiger partial charge in [-0.2, -0.15) is 0 Å². The minimum Gasteiger partial charge on any atom is -0.326 e. The first kappa shape index (κ1) is 17.4. The largest absolute Gasteiger partial charge is 0.326 e. The molecule has 0 aliphatic carbocycles. The van der Waals surface area contributed by atoms with Crippen molar-refractivity contribution in [3.8, 4) is 0 Å². The van der Waals surface area contributed by atoms with Gasteiger partial charge in [-0.05, 0) is 18.4 Å². The number of nitro benzene ring substituents is 1. The summed E-state index contributed by atoms with van der Waals surface area (Å²) in [6.07, 6.45) is 0.494. The van der Waals surface area contributed by atoms with Crippen molar-refractivity contribution >= 4 is 29.2 Å². The highest BCUT2D eigenvalue weighted by atomic mass is 16.6. The molecule has 1 aliphatic heterocycles. The van der Waals surface area contributed by atoms with Crippen molar-refractivity contribution in [3.63, 3.8) is 0 Å². The summed E-state index contributed by atoms with van der Waals surface area (Å²) in [7, 11) is 0. The molecule has 0 unspecified atom stereocenters.